The Kier molecular flexibility index (Phi) is 17.2. The highest BCUT2D eigenvalue weighted by atomic mass is 31.2. The molecule has 0 aliphatic rings. The average molecular weight is 195 g/mol. The van der Waals surface area contributed by atoms with Crippen LogP contribution in [0.15, 0.2) is 0 Å². The van der Waals surface area contributed by atoms with E-state index in [0.29, 0.717) is 0 Å². The van der Waals surface area contributed by atoms with E-state index >= 15 is 0 Å². The summed E-state index contributed by atoms with van der Waals surface area (Å²) in [5.74, 6) is 0. The molecule has 0 aromatic rings. The van der Waals surface area contributed by atoms with E-state index in [1.165, 1.54) is 12.4 Å². The van der Waals surface area contributed by atoms with Crippen LogP contribution in [0.4, 0.5) is 0 Å². The predicted molar refractivity (Wildman–Crippen MR) is 35.7 cm³/mol. The Morgan fingerprint density at radius 3 is 1.33 bits per heavy atom. The maximum Gasteiger partial charge on any atom is 0.466 e. The van der Waals surface area contributed by atoms with E-state index < -0.39 is 7.82 Å². The molecule has 0 radical (unpaired) electrons. The number of carbonyl (C=O) groups excluding carboxylic acids is 1. The van der Waals surface area contributed by atoms with Crippen LogP contribution in [0.2, 0.25) is 0 Å². The molecule has 0 aliphatic heterocycles. The first-order valence-electron chi connectivity index (χ1n) is 2.02. The summed E-state index contributed by atoms with van der Waals surface area (Å²) in [7, 11) is -4.64. The van der Waals surface area contributed by atoms with Gasteiger partial charge in [0.25, 0.3) is 0 Å². The lowest BCUT2D eigenvalue weighted by atomic mass is 11.2. The molecule has 0 aromatic heterocycles. The van der Waals surface area contributed by atoms with E-state index in [2.05, 4.69) is 0 Å². The van der Waals surface area contributed by atoms with Gasteiger partial charge in [0, 0.05) is 0 Å². The molecular formula is C3H6N3O5P. The van der Waals surface area contributed by atoms with Crippen molar-refractivity contribution in [2.75, 3.05) is 0 Å². The van der Waals surface area contributed by atoms with E-state index in [0.717, 1.165) is 0 Å². The summed E-state index contributed by atoms with van der Waals surface area (Å²) in [5.41, 5.74) is 0. The van der Waals surface area contributed by atoms with Gasteiger partial charge in [-0.3, -0.25) is 0 Å². The molecule has 0 amide bonds. The van der Waals surface area contributed by atoms with Crippen LogP contribution in [0.1, 0.15) is 0 Å². The van der Waals surface area contributed by atoms with Gasteiger partial charge in [0.05, 0.1) is 0 Å². The molecule has 0 heterocycles. The molecule has 0 bridgehead atoms. The van der Waals surface area contributed by atoms with Gasteiger partial charge in [-0.15, -0.1) is 0 Å². The molecule has 4 N–H and O–H groups in total. The molecule has 0 spiro atoms. The second kappa shape index (κ2) is 12.3. The smallest absolute Gasteiger partial charge is 0.307 e. The van der Waals surface area contributed by atoms with Crippen LogP contribution in [0.5, 0.6) is 0 Å². The van der Waals surface area contributed by atoms with Crippen molar-refractivity contribution in [3.05, 3.63) is 0 Å². The van der Waals surface area contributed by atoms with Gasteiger partial charge in [-0.2, -0.15) is 10.5 Å². The zero-order valence-corrected chi connectivity index (χ0v) is 6.60. The number of carbonyl (C=O) groups is 1. The maximum absolute atomic E-state index is 8.88. The minimum atomic E-state index is -4.64. The van der Waals surface area contributed by atoms with Crippen LogP contribution in [-0.2, 0) is 9.36 Å². The van der Waals surface area contributed by atoms with Gasteiger partial charge in [0.15, 0.2) is 12.4 Å². The zero-order valence-electron chi connectivity index (χ0n) is 5.71. The van der Waals surface area contributed by atoms with Crippen molar-refractivity contribution in [1.82, 2.24) is 5.32 Å². The van der Waals surface area contributed by atoms with Gasteiger partial charge in [0.2, 0.25) is 0 Å². The van der Waals surface area contributed by atoms with Gasteiger partial charge < -0.3 is 19.5 Å². The van der Waals surface area contributed by atoms with Crippen LogP contribution >= 0.6 is 7.82 Å². The molecule has 0 saturated carbocycles. The molecule has 0 aromatic carbocycles. The van der Waals surface area contributed by atoms with Gasteiger partial charge in [0.1, 0.15) is 6.79 Å². The highest BCUT2D eigenvalue weighted by Gasteiger charge is 2.00. The van der Waals surface area contributed by atoms with Crippen molar-refractivity contribution >= 4 is 14.6 Å². The van der Waals surface area contributed by atoms with Crippen molar-refractivity contribution in [3.63, 3.8) is 0 Å². The topological polar surface area (TPSA) is 154 Å². The van der Waals surface area contributed by atoms with E-state index in [-0.39, 0.29) is 0 Å². The van der Waals surface area contributed by atoms with Crippen molar-refractivity contribution in [2.45, 2.75) is 0 Å². The van der Waals surface area contributed by atoms with E-state index in [9.17, 15) is 0 Å². The molecule has 12 heavy (non-hydrogen) atoms. The second-order valence-corrected chi connectivity index (χ2v) is 1.89. The van der Waals surface area contributed by atoms with E-state index in [1.807, 2.05) is 6.79 Å². The SMILES string of the molecule is C=O.N#CNC#N.O=P(O)(O)O. The molecule has 0 unspecified atom stereocenters. The molecule has 9 heteroatoms. The first-order valence-corrected chi connectivity index (χ1v) is 3.58. The van der Waals surface area contributed by atoms with E-state index in [4.69, 9.17) is 34.6 Å². The lowest BCUT2D eigenvalue weighted by Crippen LogP contribution is -1.88. The van der Waals surface area contributed by atoms with Crippen LogP contribution in [0, 0.1) is 22.9 Å². The molecular weight excluding hydrogens is 189 g/mol. The lowest BCUT2D eigenvalue weighted by Gasteiger charge is -1.82. The van der Waals surface area contributed by atoms with Gasteiger partial charge >= 0.3 is 7.82 Å². The number of phosphoric acid groups is 1. The summed E-state index contributed by atoms with van der Waals surface area (Å²) < 4.78 is 8.88. The zero-order chi connectivity index (χ0) is 10.6. The summed E-state index contributed by atoms with van der Waals surface area (Å²) in [5, 5.41) is 16.7. The summed E-state index contributed by atoms with van der Waals surface area (Å²) >= 11 is 0. The molecule has 0 aliphatic carbocycles. The van der Waals surface area contributed by atoms with Crippen LogP contribution in [0.25, 0.3) is 0 Å². The van der Waals surface area contributed by atoms with Crippen LogP contribution in [-0.4, -0.2) is 21.5 Å². The molecule has 0 atom stereocenters. The number of rotatable bonds is 0. The minimum Gasteiger partial charge on any atom is -0.307 e. The fourth-order valence-corrected chi connectivity index (χ4v) is 0.0250. The highest BCUT2D eigenvalue weighted by molar-refractivity contribution is 7.45. The van der Waals surface area contributed by atoms with Crippen molar-refractivity contribution in [1.29, 1.82) is 10.5 Å². The normalized spacial score (nSPS) is 6.75. The Morgan fingerprint density at radius 2 is 1.33 bits per heavy atom. The monoisotopic (exact) mass is 195 g/mol. The van der Waals surface area contributed by atoms with Crippen molar-refractivity contribution < 1.29 is 24.0 Å². The number of nitrogens with zero attached hydrogens (tertiary/aromatic N) is 2. The number of nitriles is 2. The predicted octanol–water partition coefficient (Wildman–Crippen LogP) is -1.58. The third-order valence-electron chi connectivity index (χ3n) is 0.112. The summed E-state index contributed by atoms with van der Waals surface area (Å²) in [4.78, 5) is 29.6. The quantitative estimate of drug-likeness (QED) is 0.205. The van der Waals surface area contributed by atoms with Gasteiger partial charge in [-0.25, -0.2) is 9.88 Å². The Labute approximate surface area is 67.9 Å². The number of hydrogen-bond acceptors (Lipinski definition) is 5. The van der Waals surface area contributed by atoms with Crippen molar-refractivity contribution in [3.8, 4) is 12.4 Å². The number of hydrogen-bond donors (Lipinski definition) is 4. The summed E-state index contributed by atoms with van der Waals surface area (Å²) in [6.07, 6.45) is 2.81. The minimum absolute atomic E-state index is 1.41. The first kappa shape index (κ1) is 16.9. The van der Waals surface area contributed by atoms with Crippen LogP contribution in [0.3, 0.4) is 0 Å². The fourth-order valence-electron chi connectivity index (χ4n) is 0.0250. The largest absolute Gasteiger partial charge is 0.466 e. The molecule has 0 rings (SSSR count). The Balaban J connectivity index is -0.000000112. The summed E-state index contributed by atoms with van der Waals surface area (Å²) in [6.45, 7) is 2.00. The van der Waals surface area contributed by atoms with Crippen LogP contribution < -0.4 is 5.32 Å². The average Bonchev–Trinajstić information content (AvgIpc) is 1.90. The summed E-state index contributed by atoms with van der Waals surface area (Å²) in [6, 6.07) is 0. The maximum atomic E-state index is 8.88. The standard InChI is InChI=1S/C2HN3.CH2O.H3O4P/c3-1-5-2-4;1-2;1-5(2,3)4/h5H;1H2;(H3,1,2,3,4). The Bertz CT molecular complexity index is 191. The Morgan fingerprint density at radius 1 is 1.17 bits per heavy atom. The molecule has 0 fully saturated rings. The fraction of sp³-hybridized carbons (Fsp3) is 0. The van der Waals surface area contributed by atoms with Crippen molar-refractivity contribution in [2.24, 2.45) is 0 Å². The first-order chi connectivity index (χ1) is 5.41. The van der Waals surface area contributed by atoms with Gasteiger partial charge in [-0.1, -0.05) is 0 Å². The molecule has 8 nitrogen and oxygen atoms in total. The van der Waals surface area contributed by atoms with E-state index in [1.54, 1.807) is 5.32 Å². The third kappa shape index (κ3) is 1560. The Hall–Kier alpha value is -1.44. The third-order valence-corrected chi connectivity index (χ3v) is 0.112. The lowest BCUT2D eigenvalue weighted by molar-refractivity contribution is -0.0980. The number of nitrogens with one attached hydrogen (secondary N) is 1. The van der Waals surface area contributed by atoms with Gasteiger partial charge in [-0.05, 0) is 0 Å². The molecule has 0 saturated heterocycles. The second-order valence-electron chi connectivity index (χ2n) is 0.862. The highest BCUT2D eigenvalue weighted by Crippen LogP contribution is 2.25. The molecule has 68 valence electrons.